The highest BCUT2D eigenvalue weighted by atomic mass is 16.3. The van der Waals surface area contributed by atoms with Crippen LogP contribution in [0.4, 0.5) is 5.82 Å². The second-order valence-electron chi connectivity index (χ2n) is 5.77. The fraction of sp³-hybridized carbons (Fsp3) is 0.211. The zero-order valence-corrected chi connectivity index (χ0v) is 14.1. The Labute approximate surface area is 145 Å². The predicted molar refractivity (Wildman–Crippen MR) is 95.5 cm³/mol. The van der Waals surface area contributed by atoms with E-state index in [1.165, 1.54) is 0 Å². The van der Waals surface area contributed by atoms with E-state index in [1.807, 2.05) is 50.2 Å². The summed E-state index contributed by atoms with van der Waals surface area (Å²) in [5.74, 6) is 0.251. The van der Waals surface area contributed by atoms with Crippen molar-refractivity contribution < 1.29 is 14.0 Å². The summed E-state index contributed by atoms with van der Waals surface area (Å²) in [6.07, 6.45) is 0.153. The van der Waals surface area contributed by atoms with E-state index in [0.717, 1.165) is 16.6 Å². The van der Waals surface area contributed by atoms with E-state index in [1.54, 1.807) is 6.07 Å². The summed E-state index contributed by atoms with van der Waals surface area (Å²) < 4.78 is 5.60. The molecule has 25 heavy (non-hydrogen) atoms. The van der Waals surface area contributed by atoms with Gasteiger partial charge in [-0.05, 0) is 32.0 Å². The lowest BCUT2D eigenvalue weighted by atomic mass is 10.1. The lowest BCUT2D eigenvalue weighted by Crippen LogP contribution is -2.28. The molecule has 0 spiro atoms. The van der Waals surface area contributed by atoms with Gasteiger partial charge in [0.15, 0.2) is 5.76 Å². The molecule has 0 aliphatic carbocycles. The van der Waals surface area contributed by atoms with E-state index < -0.39 is 0 Å². The number of aromatic nitrogens is 1. The van der Waals surface area contributed by atoms with E-state index in [2.05, 4.69) is 15.6 Å². The zero-order chi connectivity index (χ0) is 17.8. The van der Waals surface area contributed by atoms with Gasteiger partial charge in [0.2, 0.25) is 5.91 Å². The van der Waals surface area contributed by atoms with Crippen LogP contribution in [0.2, 0.25) is 0 Å². The van der Waals surface area contributed by atoms with E-state index >= 15 is 0 Å². The van der Waals surface area contributed by atoms with Crippen LogP contribution < -0.4 is 10.6 Å². The Bertz CT molecular complexity index is 931. The highest BCUT2D eigenvalue weighted by Crippen LogP contribution is 2.24. The Morgan fingerprint density at radius 3 is 2.64 bits per heavy atom. The summed E-state index contributed by atoms with van der Waals surface area (Å²) in [7, 11) is 0. The van der Waals surface area contributed by atoms with Gasteiger partial charge in [-0.2, -0.15) is 0 Å². The van der Waals surface area contributed by atoms with Crippen molar-refractivity contribution in [1.82, 2.24) is 10.3 Å². The third-order valence-corrected chi connectivity index (χ3v) is 3.84. The van der Waals surface area contributed by atoms with Crippen LogP contribution in [0.3, 0.4) is 0 Å². The maximum Gasteiger partial charge on any atom is 0.287 e. The molecule has 6 nitrogen and oxygen atoms in total. The van der Waals surface area contributed by atoms with Gasteiger partial charge in [0.05, 0.1) is 0 Å². The standard InChI is InChI=1S/C19H19N3O3/c1-12-6-5-9-16(21-12)22-17(23)10-11-20-19(24)18-13(2)14-7-3-4-8-15(14)25-18/h3-9H,10-11H2,1-2H3,(H,20,24)(H,21,22,23). The van der Waals surface area contributed by atoms with Gasteiger partial charge in [0.25, 0.3) is 5.91 Å². The van der Waals surface area contributed by atoms with Gasteiger partial charge < -0.3 is 15.1 Å². The second-order valence-corrected chi connectivity index (χ2v) is 5.77. The molecule has 2 N–H and O–H groups in total. The average Bonchev–Trinajstić information content (AvgIpc) is 2.92. The number of benzene rings is 1. The molecule has 0 fully saturated rings. The number of nitrogens with one attached hydrogen (secondary N) is 2. The summed E-state index contributed by atoms with van der Waals surface area (Å²) in [5.41, 5.74) is 2.29. The molecule has 128 valence electrons. The van der Waals surface area contributed by atoms with Gasteiger partial charge in [0.1, 0.15) is 11.4 Å². The number of carbonyl (C=O) groups excluding carboxylic acids is 2. The van der Waals surface area contributed by atoms with E-state index in [-0.39, 0.29) is 30.5 Å². The number of fused-ring (bicyclic) bond motifs is 1. The molecule has 0 bridgehead atoms. The van der Waals surface area contributed by atoms with Crippen LogP contribution in [-0.2, 0) is 4.79 Å². The monoisotopic (exact) mass is 337 g/mol. The highest BCUT2D eigenvalue weighted by molar-refractivity contribution is 5.99. The molecule has 2 heterocycles. The minimum absolute atomic E-state index is 0.153. The lowest BCUT2D eigenvalue weighted by molar-refractivity contribution is -0.116. The van der Waals surface area contributed by atoms with Gasteiger partial charge in [-0.25, -0.2) is 4.98 Å². The highest BCUT2D eigenvalue weighted by Gasteiger charge is 2.17. The Morgan fingerprint density at radius 1 is 1.08 bits per heavy atom. The summed E-state index contributed by atoms with van der Waals surface area (Å²) in [6.45, 7) is 3.91. The smallest absolute Gasteiger partial charge is 0.287 e. The molecule has 2 amide bonds. The first-order valence-electron chi connectivity index (χ1n) is 8.04. The number of aryl methyl sites for hydroxylation is 2. The van der Waals surface area contributed by atoms with Crippen LogP contribution in [0.1, 0.15) is 28.2 Å². The largest absolute Gasteiger partial charge is 0.451 e. The van der Waals surface area contributed by atoms with Crippen LogP contribution in [0.25, 0.3) is 11.0 Å². The first kappa shape index (κ1) is 16.7. The number of amides is 2. The average molecular weight is 337 g/mol. The van der Waals surface area contributed by atoms with E-state index in [9.17, 15) is 9.59 Å². The van der Waals surface area contributed by atoms with Gasteiger partial charge in [-0.1, -0.05) is 24.3 Å². The van der Waals surface area contributed by atoms with Crippen molar-refractivity contribution in [2.75, 3.05) is 11.9 Å². The molecule has 1 aromatic carbocycles. The maximum absolute atomic E-state index is 12.3. The summed E-state index contributed by atoms with van der Waals surface area (Å²) in [6, 6.07) is 12.9. The number of rotatable bonds is 5. The molecule has 0 aliphatic rings. The number of anilines is 1. The molecular formula is C19H19N3O3. The molecule has 0 saturated carbocycles. The number of pyridine rings is 1. The Hall–Kier alpha value is -3.15. The Morgan fingerprint density at radius 2 is 1.88 bits per heavy atom. The molecule has 0 atom stereocenters. The minimum atomic E-state index is -0.324. The van der Waals surface area contributed by atoms with Crippen LogP contribution in [0, 0.1) is 13.8 Å². The van der Waals surface area contributed by atoms with Crippen molar-refractivity contribution >= 4 is 28.6 Å². The van der Waals surface area contributed by atoms with Gasteiger partial charge in [-0.3, -0.25) is 9.59 Å². The predicted octanol–water partition coefficient (Wildman–Crippen LogP) is 3.20. The number of nitrogens with zero attached hydrogens (tertiary/aromatic N) is 1. The topological polar surface area (TPSA) is 84.2 Å². The molecule has 3 rings (SSSR count). The molecule has 0 radical (unpaired) electrons. The van der Waals surface area contributed by atoms with Crippen molar-refractivity contribution in [2.45, 2.75) is 20.3 Å². The first-order chi connectivity index (χ1) is 12.0. The normalized spacial score (nSPS) is 10.6. The molecule has 6 heteroatoms. The first-order valence-corrected chi connectivity index (χ1v) is 8.04. The van der Waals surface area contributed by atoms with Crippen molar-refractivity contribution in [2.24, 2.45) is 0 Å². The van der Waals surface area contributed by atoms with Crippen molar-refractivity contribution in [3.8, 4) is 0 Å². The summed E-state index contributed by atoms with van der Waals surface area (Å²) in [4.78, 5) is 28.4. The van der Waals surface area contributed by atoms with Crippen molar-refractivity contribution in [3.63, 3.8) is 0 Å². The van der Waals surface area contributed by atoms with Gasteiger partial charge >= 0.3 is 0 Å². The number of hydrogen-bond acceptors (Lipinski definition) is 4. The molecule has 2 aromatic heterocycles. The van der Waals surface area contributed by atoms with E-state index in [0.29, 0.717) is 11.4 Å². The number of furan rings is 1. The lowest BCUT2D eigenvalue weighted by Gasteiger charge is -2.06. The molecular weight excluding hydrogens is 318 g/mol. The van der Waals surface area contributed by atoms with Crippen molar-refractivity contribution in [3.05, 3.63) is 59.5 Å². The van der Waals surface area contributed by atoms with Crippen LogP contribution in [-0.4, -0.2) is 23.3 Å². The SMILES string of the molecule is Cc1cccc(NC(=O)CCNC(=O)c2oc3ccccc3c2C)n1. The fourth-order valence-electron chi connectivity index (χ4n) is 2.58. The molecule has 0 saturated heterocycles. The third kappa shape index (κ3) is 3.85. The molecule has 3 aromatic rings. The molecule has 0 aliphatic heterocycles. The zero-order valence-electron chi connectivity index (χ0n) is 14.1. The van der Waals surface area contributed by atoms with Gasteiger partial charge in [0, 0.05) is 29.6 Å². The minimum Gasteiger partial charge on any atom is -0.451 e. The van der Waals surface area contributed by atoms with Crippen LogP contribution >= 0.6 is 0 Å². The van der Waals surface area contributed by atoms with E-state index in [4.69, 9.17) is 4.42 Å². The summed E-state index contributed by atoms with van der Waals surface area (Å²) in [5, 5.41) is 6.33. The number of carbonyl (C=O) groups is 2. The van der Waals surface area contributed by atoms with Crippen molar-refractivity contribution in [1.29, 1.82) is 0 Å². The van der Waals surface area contributed by atoms with Crippen LogP contribution in [0.15, 0.2) is 46.9 Å². The molecule has 0 unspecified atom stereocenters. The number of hydrogen-bond donors (Lipinski definition) is 2. The van der Waals surface area contributed by atoms with Gasteiger partial charge in [-0.15, -0.1) is 0 Å². The maximum atomic E-state index is 12.3. The number of para-hydroxylation sites is 1. The second kappa shape index (κ2) is 7.17. The Kier molecular flexibility index (Phi) is 4.79. The Balaban J connectivity index is 1.55. The quantitative estimate of drug-likeness (QED) is 0.749. The summed E-state index contributed by atoms with van der Waals surface area (Å²) >= 11 is 0. The third-order valence-electron chi connectivity index (χ3n) is 3.84. The fourth-order valence-corrected chi connectivity index (χ4v) is 2.58. The van der Waals surface area contributed by atoms with Crippen LogP contribution in [0.5, 0.6) is 0 Å².